The normalized spacial score (nSPS) is 22.9. The predicted octanol–water partition coefficient (Wildman–Crippen LogP) is 0.926. The summed E-state index contributed by atoms with van der Waals surface area (Å²) in [6.07, 6.45) is 0.897. The Bertz CT molecular complexity index is 467. The summed E-state index contributed by atoms with van der Waals surface area (Å²) < 4.78 is 13.6. The molecule has 0 aliphatic carbocycles. The van der Waals surface area contributed by atoms with Crippen LogP contribution in [0.25, 0.3) is 0 Å². The molecule has 0 bridgehead atoms. The van der Waals surface area contributed by atoms with Gasteiger partial charge in [-0.1, -0.05) is 18.2 Å². The third kappa shape index (κ3) is 3.55. The summed E-state index contributed by atoms with van der Waals surface area (Å²) in [4.78, 5) is 13.4. The van der Waals surface area contributed by atoms with Crippen molar-refractivity contribution in [3.63, 3.8) is 0 Å². The topological polar surface area (TPSA) is 66.6 Å². The highest BCUT2D eigenvalue weighted by molar-refractivity contribution is 5.76. The first kappa shape index (κ1) is 14.9. The first-order chi connectivity index (χ1) is 9.61. The molecule has 4 nitrogen and oxygen atoms in total. The Labute approximate surface area is 118 Å². The maximum absolute atomic E-state index is 13.6. The second-order valence-electron chi connectivity index (χ2n) is 5.29. The number of aliphatic hydroxyl groups is 1. The van der Waals surface area contributed by atoms with Crippen molar-refractivity contribution >= 4 is 5.91 Å². The number of benzene rings is 1. The molecule has 0 aromatic heterocycles. The maximum atomic E-state index is 13.6. The van der Waals surface area contributed by atoms with Crippen molar-refractivity contribution in [1.29, 1.82) is 0 Å². The zero-order chi connectivity index (χ0) is 14.5. The summed E-state index contributed by atoms with van der Waals surface area (Å²) >= 11 is 0. The summed E-state index contributed by atoms with van der Waals surface area (Å²) in [6.45, 7) is 1.25. The van der Waals surface area contributed by atoms with E-state index in [4.69, 9.17) is 5.73 Å². The number of aliphatic hydroxyl groups excluding tert-OH is 1. The van der Waals surface area contributed by atoms with E-state index >= 15 is 0 Å². The van der Waals surface area contributed by atoms with Crippen molar-refractivity contribution < 1.29 is 14.3 Å². The number of rotatable bonds is 4. The molecule has 1 fully saturated rings. The average molecular weight is 280 g/mol. The third-order valence-electron chi connectivity index (χ3n) is 3.87. The zero-order valence-electron chi connectivity index (χ0n) is 11.5. The second-order valence-corrected chi connectivity index (χ2v) is 5.29. The molecule has 0 saturated carbocycles. The number of carbonyl (C=O) groups is 1. The molecule has 3 N–H and O–H groups in total. The maximum Gasteiger partial charge on any atom is 0.223 e. The van der Waals surface area contributed by atoms with Crippen LogP contribution in [0, 0.1) is 11.7 Å². The monoisotopic (exact) mass is 280 g/mol. The van der Waals surface area contributed by atoms with Gasteiger partial charge in [-0.25, -0.2) is 4.39 Å². The van der Waals surface area contributed by atoms with Crippen LogP contribution in [0.5, 0.6) is 0 Å². The number of hydrogen-bond acceptors (Lipinski definition) is 3. The molecule has 20 heavy (non-hydrogen) atoms. The van der Waals surface area contributed by atoms with Crippen molar-refractivity contribution in [2.24, 2.45) is 11.7 Å². The lowest BCUT2D eigenvalue weighted by atomic mass is 9.87. The molecule has 0 unspecified atom stereocenters. The van der Waals surface area contributed by atoms with Crippen LogP contribution in [0.3, 0.4) is 0 Å². The second kappa shape index (κ2) is 6.81. The van der Waals surface area contributed by atoms with E-state index in [-0.39, 0.29) is 17.6 Å². The predicted molar refractivity (Wildman–Crippen MR) is 74.5 cm³/mol. The molecule has 2 rings (SSSR count). The molecule has 1 heterocycles. The smallest absolute Gasteiger partial charge is 0.223 e. The number of piperidine rings is 1. The molecule has 1 aromatic rings. The van der Waals surface area contributed by atoms with Crippen LogP contribution in [0.4, 0.5) is 4.39 Å². The van der Waals surface area contributed by atoms with E-state index in [0.717, 1.165) is 0 Å². The first-order valence-electron chi connectivity index (χ1n) is 7.01. The minimum Gasteiger partial charge on any atom is -0.391 e. The van der Waals surface area contributed by atoms with Crippen LogP contribution in [0.2, 0.25) is 0 Å². The molecule has 1 aliphatic rings. The van der Waals surface area contributed by atoms with Gasteiger partial charge >= 0.3 is 0 Å². The van der Waals surface area contributed by atoms with Gasteiger partial charge in [-0.3, -0.25) is 4.79 Å². The van der Waals surface area contributed by atoms with Gasteiger partial charge in [0, 0.05) is 26.1 Å². The molecule has 0 radical (unpaired) electrons. The lowest BCUT2D eigenvalue weighted by molar-refractivity contribution is -0.135. The lowest BCUT2D eigenvalue weighted by Crippen LogP contribution is -2.47. The van der Waals surface area contributed by atoms with E-state index in [1.165, 1.54) is 6.07 Å². The number of hydrogen-bond donors (Lipinski definition) is 2. The summed E-state index contributed by atoms with van der Waals surface area (Å²) in [7, 11) is 0. The lowest BCUT2D eigenvalue weighted by Gasteiger charge is -2.36. The van der Waals surface area contributed by atoms with E-state index in [1.807, 2.05) is 0 Å². The quantitative estimate of drug-likeness (QED) is 0.862. The first-order valence-corrected chi connectivity index (χ1v) is 7.01. The SMILES string of the molecule is NCCC(=O)N1CC[C@H](Cc2ccccc2F)[C@@H](O)C1. The van der Waals surface area contributed by atoms with E-state index in [1.54, 1.807) is 23.1 Å². The average Bonchev–Trinajstić information content (AvgIpc) is 2.43. The Balaban J connectivity index is 1.93. The Morgan fingerprint density at radius 2 is 2.20 bits per heavy atom. The Hall–Kier alpha value is -1.46. The molecular formula is C15H21FN2O2. The van der Waals surface area contributed by atoms with Crippen molar-refractivity contribution in [3.8, 4) is 0 Å². The zero-order valence-corrected chi connectivity index (χ0v) is 11.5. The van der Waals surface area contributed by atoms with E-state index in [2.05, 4.69) is 0 Å². The number of amides is 1. The Morgan fingerprint density at radius 3 is 2.85 bits per heavy atom. The van der Waals surface area contributed by atoms with Crippen molar-refractivity contribution in [2.75, 3.05) is 19.6 Å². The summed E-state index contributed by atoms with van der Waals surface area (Å²) in [5, 5.41) is 10.2. The highest BCUT2D eigenvalue weighted by Crippen LogP contribution is 2.23. The molecule has 110 valence electrons. The molecule has 1 amide bonds. The van der Waals surface area contributed by atoms with E-state index in [0.29, 0.717) is 44.5 Å². The van der Waals surface area contributed by atoms with Crippen LogP contribution < -0.4 is 5.73 Å². The Morgan fingerprint density at radius 1 is 1.45 bits per heavy atom. The van der Waals surface area contributed by atoms with Crippen LogP contribution in [-0.4, -0.2) is 41.7 Å². The van der Waals surface area contributed by atoms with Crippen LogP contribution in [0.15, 0.2) is 24.3 Å². The van der Waals surface area contributed by atoms with Crippen molar-refractivity contribution in [1.82, 2.24) is 4.90 Å². The van der Waals surface area contributed by atoms with Gasteiger partial charge in [0.15, 0.2) is 0 Å². The largest absolute Gasteiger partial charge is 0.391 e. The number of nitrogens with two attached hydrogens (primary N) is 1. The number of carbonyl (C=O) groups excluding carboxylic acids is 1. The van der Waals surface area contributed by atoms with Gasteiger partial charge in [-0.2, -0.15) is 0 Å². The number of halogens is 1. The minimum atomic E-state index is -0.606. The number of β-amino-alcohol motifs (C(OH)–C–C–N with tert-alkyl or cyclic N) is 1. The fraction of sp³-hybridized carbons (Fsp3) is 0.533. The van der Waals surface area contributed by atoms with Crippen molar-refractivity contribution in [3.05, 3.63) is 35.6 Å². The highest BCUT2D eigenvalue weighted by atomic mass is 19.1. The van der Waals surface area contributed by atoms with Gasteiger partial charge in [0.2, 0.25) is 5.91 Å². The molecule has 2 atom stereocenters. The highest BCUT2D eigenvalue weighted by Gasteiger charge is 2.30. The fourth-order valence-corrected chi connectivity index (χ4v) is 2.67. The van der Waals surface area contributed by atoms with Crippen molar-refractivity contribution in [2.45, 2.75) is 25.4 Å². The van der Waals surface area contributed by atoms with Crippen LogP contribution >= 0.6 is 0 Å². The van der Waals surface area contributed by atoms with Gasteiger partial charge in [0.1, 0.15) is 5.82 Å². The molecule has 5 heteroatoms. The molecule has 1 aromatic carbocycles. The van der Waals surface area contributed by atoms with Crippen LogP contribution in [0.1, 0.15) is 18.4 Å². The number of nitrogens with zero attached hydrogens (tertiary/aromatic N) is 1. The minimum absolute atomic E-state index is 0.00572. The molecule has 1 saturated heterocycles. The molecule has 1 aliphatic heterocycles. The van der Waals surface area contributed by atoms with Gasteiger partial charge in [0.05, 0.1) is 6.10 Å². The van der Waals surface area contributed by atoms with Crippen LogP contribution in [-0.2, 0) is 11.2 Å². The third-order valence-corrected chi connectivity index (χ3v) is 3.87. The summed E-state index contributed by atoms with van der Waals surface area (Å²) in [6, 6.07) is 6.63. The van der Waals surface area contributed by atoms with Gasteiger partial charge in [0.25, 0.3) is 0 Å². The van der Waals surface area contributed by atoms with Gasteiger partial charge < -0.3 is 15.7 Å². The van der Waals surface area contributed by atoms with Gasteiger partial charge in [-0.05, 0) is 30.4 Å². The van der Waals surface area contributed by atoms with Gasteiger partial charge in [-0.15, -0.1) is 0 Å². The molecule has 0 spiro atoms. The van der Waals surface area contributed by atoms with E-state index < -0.39 is 6.10 Å². The summed E-state index contributed by atoms with van der Waals surface area (Å²) in [5.41, 5.74) is 5.99. The summed E-state index contributed by atoms with van der Waals surface area (Å²) in [5.74, 6) is -0.258. The fourth-order valence-electron chi connectivity index (χ4n) is 2.67. The Kier molecular flexibility index (Phi) is 5.09. The number of likely N-dealkylation sites (tertiary alicyclic amines) is 1. The molecular weight excluding hydrogens is 259 g/mol. The standard InChI is InChI=1S/C15H21FN2O2/c16-13-4-2-1-3-11(13)9-12-6-8-18(10-14(12)19)15(20)5-7-17/h1-4,12,14,19H,5-10,17H2/t12-,14+/m1/s1. The van der Waals surface area contributed by atoms with E-state index in [9.17, 15) is 14.3 Å².